The summed E-state index contributed by atoms with van der Waals surface area (Å²) in [6.45, 7) is 4.32. The first kappa shape index (κ1) is 75.2. The Balaban J connectivity index is 4.05. The molecule has 10 heteroatoms. The van der Waals surface area contributed by atoms with Gasteiger partial charge in [0.1, 0.15) is 19.8 Å². The van der Waals surface area contributed by atoms with Crippen molar-refractivity contribution in [3.8, 4) is 0 Å². The summed E-state index contributed by atoms with van der Waals surface area (Å²) >= 11 is 0. The molecule has 9 nitrogen and oxygen atoms in total. The van der Waals surface area contributed by atoms with Crippen LogP contribution >= 0.6 is 7.82 Å². The number of nitrogens with zero attached hydrogens (tertiary/aromatic N) is 1. The van der Waals surface area contributed by atoms with E-state index in [1.165, 1.54) is 167 Å². The summed E-state index contributed by atoms with van der Waals surface area (Å²) in [7, 11) is 1.47. The Bertz CT molecular complexity index is 1590. The summed E-state index contributed by atoms with van der Waals surface area (Å²) in [6, 6.07) is 0. The number of phosphoric acid groups is 1. The molecule has 0 aromatic heterocycles. The average molecular weight is 1110 g/mol. The molecule has 78 heavy (non-hydrogen) atoms. The first-order chi connectivity index (χ1) is 38.0. The lowest BCUT2D eigenvalue weighted by Crippen LogP contribution is -2.37. The second-order valence-electron chi connectivity index (χ2n) is 22.8. The third-order valence-electron chi connectivity index (χ3n) is 13.9. The molecule has 0 bridgehead atoms. The minimum Gasteiger partial charge on any atom is -0.462 e. The van der Waals surface area contributed by atoms with Crippen LogP contribution in [0.2, 0.25) is 0 Å². The number of likely N-dealkylation sites (N-methyl/N-ethyl adjacent to an activating group) is 1. The summed E-state index contributed by atoms with van der Waals surface area (Å²) in [6.07, 6.45) is 79.6. The van der Waals surface area contributed by atoms with E-state index in [9.17, 15) is 19.0 Å². The Morgan fingerprint density at radius 2 is 0.731 bits per heavy atom. The molecule has 0 aromatic rings. The Labute approximate surface area is 481 Å². The van der Waals surface area contributed by atoms with Crippen molar-refractivity contribution < 1.29 is 42.1 Å². The number of rotatable bonds is 59. The molecule has 2 atom stereocenters. The molecule has 2 unspecified atom stereocenters. The van der Waals surface area contributed by atoms with Crippen molar-refractivity contribution in [1.82, 2.24) is 0 Å². The minimum absolute atomic E-state index is 0.0275. The quantitative estimate of drug-likeness (QED) is 0.0211. The Kier molecular flexibility index (Phi) is 56.7. The van der Waals surface area contributed by atoms with Crippen molar-refractivity contribution in [3.05, 3.63) is 85.1 Å². The zero-order valence-corrected chi connectivity index (χ0v) is 52.3. The van der Waals surface area contributed by atoms with Crippen LogP contribution in [-0.4, -0.2) is 74.9 Å². The van der Waals surface area contributed by atoms with Gasteiger partial charge in [0.25, 0.3) is 0 Å². The Morgan fingerprint density at radius 1 is 0.410 bits per heavy atom. The molecular formula is C68H123NO8P+. The molecular weight excluding hydrogens is 990 g/mol. The van der Waals surface area contributed by atoms with Gasteiger partial charge in [-0.2, -0.15) is 0 Å². The number of phosphoric ester groups is 1. The van der Waals surface area contributed by atoms with Gasteiger partial charge in [0, 0.05) is 12.8 Å². The predicted octanol–water partition coefficient (Wildman–Crippen LogP) is 20.6. The monoisotopic (exact) mass is 1110 g/mol. The van der Waals surface area contributed by atoms with Gasteiger partial charge >= 0.3 is 19.8 Å². The van der Waals surface area contributed by atoms with Gasteiger partial charge in [0.2, 0.25) is 0 Å². The summed E-state index contributed by atoms with van der Waals surface area (Å²) < 4.78 is 34.6. The number of hydrogen-bond donors (Lipinski definition) is 1. The van der Waals surface area contributed by atoms with E-state index >= 15 is 0 Å². The maximum absolute atomic E-state index is 12.8. The zero-order chi connectivity index (χ0) is 57.0. The van der Waals surface area contributed by atoms with E-state index in [1.54, 1.807) is 0 Å². The SMILES string of the molecule is CC/C=C\C/C=C\C/C=C\C/C=C\CCCCCCCCCCC(=O)OC(COC(=O)CCCCCCCCCCCCCCCCCCCC/C=C\C/C=C\C/C=C\CCCCCCC)COP(=O)(O)OCC[N+](C)(C)C. The highest BCUT2D eigenvalue weighted by molar-refractivity contribution is 7.47. The summed E-state index contributed by atoms with van der Waals surface area (Å²) in [4.78, 5) is 35.8. The number of ether oxygens (including phenoxy) is 2. The maximum Gasteiger partial charge on any atom is 0.472 e. The van der Waals surface area contributed by atoms with Gasteiger partial charge in [-0.25, -0.2) is 4.57 Å². The highest BCUT2D eigenvalue weighted by Crippen LogP contribution is 2.43. The highest BCUT2D eigenvalue weighted by atomic mass is 31.2. The molecule has 0 saturated carbocycles. The number of quaternary nitrogens is 1. The minimum atomic E-state index is -4.39. The zero-order valence-electron chi connectivity index (χ0n) is 51.4. The number of hydrogen-bond acceptors (Lipinski definition) is 7. The smallest absolute Gasteiger partial charge is 0.462 e. The fourth-order valence-electron chi connectivity index (χ4n) is 8.96. The number of carbonyl (C=O) groups excluding carboxylic acids is 2. The van der Waals surface area contributed by atoms with Gasteiger partial charge < -0.3 is 18.9 Å². The van der Waals surface area contributed by atoms with Gasteiger partial charge in [-0.1, -0.05) is 266 Å². The molecule has 0 aliphatic carbocycles. The number of allylic oxidation sites excluding steroid dienone is 14. The van der Waals surface area contributed by atoms with Crippen molar-refractivity contribution in [2.24, 2.45) is 0 Å². The van der Waals surface area contributed by atoms with E-state index in [0.717, 1.165) is 83.5 Å². The molecule has 0 amide bonds. The van der Waals surface area contributed by atoms with Crippen LogP contribution in [0, 0.1) is 0 Å². The van der Waals surface area contributed by atoms with Gasteiger partial charge in [-0.3, -0.25) is 18.6 Å². The van der Waals surface area contributed by atoms with E-state index < -0.39 is 26.5 Å². The number of esters is 2. The van der Waals surface area contributed by atoms with Crippen LogP contribution in [0.5, 0.6) is 0 Å². The molecule has 0 rings (SSSR count). The second-order valence-corrected chi connectivity index (χ2v) is 24.2. The maximum atomic E-state index is 12.8. The fourth-order valence-corrected chi connectivity index (χ4v) is 9.70. The van der Waals surface area contributed by atoms with Gasteiger partial charge in [-0.05, 0) is 89.9 Å². The molecule has 1 N–H and O–H groups in total. The van der Waals surface area contributed by atoms with Gasteiger partial charge in [-0.15, -0.1) is 0 Å². The normalized spacial score (nSPS) is 13.8. The fraction of sp³-hybridized carbons (Fsp3) is 0.765. The molecule has 452 valence electrons. The summed E-state index contributed by atoms with van der Waals surface area (Å²) in [5.74, 6) is -0.801. The highest BCUT2D eigenvalue weighted by Gasteiger charge is 2.27. The van der Waals surface area contributed by atoms with E-state index in [-0.39, 0.29) is 32.0 Å². The topological polar surface area (TPSA) is 108 Å². The van der Waals surface area contributed by atoms with E-state index in [2.05, 4.69) is 98.9 Å². The molecule has 0 aromatic carbocycles. The Hall–Kier alpha value is -2.81. The molecule has 0 spiro atoms. The van der Waals surface area contributed by atoms with Crippen LogP contribution in [0.15, 0.2) is 85.1 Å². The largest absolute Gasteiger partial charge is 0.472 e. The van der Waals surface area contributed by atoms with Crippen molar-refractivity contribution in [2.45, 2.75) is 290 Å². The first-order valence-electron chi connectivity index (χ1n) is 32.3. The molecule has 0 heterocycles. The standard InChI is InChI=1S/C68H122NO8P/c1-6-8-10-12-14-16-18-20-22-24-26-28-29-30-31-32-33-34-35-36-37-38-39-41-42-44-46-48-50-52-54-56-58-60-67(70)74-64-66(65-76-78(72,73)75-63-62-69(3,4)5)77-68(71)61-59-57-55-53-51-49-47-45-43-40-27-25-23-21-19-17-15-13-11-9-7-2/h9,11,15,17-18,20-21,23-24,26-27,29-30,40,66H,6-8,10,12-14,16,19,22,25,28,31-39,41-65H2,1-5H3/p+1/b11-9-,17-15-,20-18-,23-21-,26-24-,30-29-,40-27-. The molecule has 0 aliphatic rings. The Morgan fingerprint density at radius 3 is 1.09 bits per heavy atom. The summed E-state index contributed by atoms with van der Waals surface area (Å²) in [5, 5.41) is 0. The molecule has 0 aliphatic heterocycles. The number of unbranched alkanes of at least 4 members (excludes halogenated alkanes) is 31. The van der Waals surface area contributed by atoms with E-state index in [0.29, 0.717) is 17.4 Å². The van der Waals surface area contributed by atoms with Crippen LogP contribution < -0.4 is 0 Å². The second kappa shape index (κ2) is 58.8. The van der Waals surface area contributed by atoms with Crippen LogP contribution in [0.25, 0.3) is 0 Å². The van der Waals surface area contributed by atoms with Gasteiger partial charge in [0.15, 0.2) is 6.10 Å². The lowest BCUT2D eigenvalue weighted by atomic mass is 10.0. The summed E-state index contributed by atoms with van der Waals surface area (Å²) in [5.41, 5.74) is 0. The van der Waals surface area contributed by atoms with Gasteiger partial charge in [0.05, 0.1) is 27.7 Å². The lowest BCUT2D eigenvalue weighted by Gasteiger charge is -2.24. The predicted molar refractivity (Wildman–Crippen MR) is 335 cm³/mol. The molecule has 0 saturated heterocycles. The lowest BCUT2D eigenvalue weighted by molar-refractivity contribution is -0.870. The van der Waals surface area contributed by atoms with Crippen molar-refractivity contribution in [2.75, 3.05) is 47.5 Å². The molecule has 0 fully saturated rings. The third-order valence-corrected chi connectivity index (χ3v) is 14.9. The van der Waals surface area contributed by atoms with E-state index in [1.807, 2.05) is 21.1 Å². The van der Waals surface area contributed by atoms with Crippen LogP contribution in [0.3, 0.4) is 0 Å². The molecule has 0 radical (unpaired) electrons. The van der Waals surface area contributed by atoms with Crippen LogP contribution in [0.4, 0.5) is 0 Å². The van der Waals surface area contributed by atoms with Crippen LogP contribution in [-0.2, 0) is 32.7 Å². The number of carbonyl (C=O) groups is 2. The van der Waals surface area contributed by atoms with Crippen molar-refractivity contribution in [1.29, 1.82) is 0 Å². The third kappa shape index (κ3) is 62.4. The van der Waals surface area contributed by atoms with Crippen molar-refractivity contribution in [3.63, 3.8) is 0 Å². The first-order valence-corrected chi connectivity index (χ1v) is 33.8. The van der Waals surface area contributed by atoms with Crippen LogP contribution in [0.1, 0.15) is 284 Å². The van der Waals surface area contributed by atoms with Crippen molar-refractivity contribution >= 4 is 19.8 Å². The average Bonchev–Trinajstić information content (AvgIpc) is 3.41. The van der Waals surface area contributed by atoms with E-state index in [4.69, 9.17) is 18.5 Å².